The number of aliphatic imine (C=N–C) groups is 1. The Morgan fingerprint density at radius 2 is 1.84 bits per heavy atom. The van der Waals surface area contributed by atoms with E-state index in [1.807, 2.05) is 42.5 Å². The fourth-order valence-corrected chi connectivity index (χ4v) is 3.58. The van der Waals surface area contributed by atoms with Crippen LogP contribution in [0.15, 0.2) is 47.5 Å². The van der Waals surface area contributed by atoms with Gasteiger partial charge in [0, 0.05) is 24.8 Å². The number of fused-ring (bicyclic) bond motifs is 2. The monoisotopic (exact) mass is 336 g/mol. The third kappa shape index (κ3) is 3.07. The van der Waals surface area contributed by atoms with Crippen molar-refractivity contribution in [2.45, 2.75) is 18.9 Å². The normalized spacial score (nSPS) is 17.4. The van der Waals surface area contributed by atoms with Crippen LogP contribution in [0.5, 0.6) is 11.5 Å². The summed E-state index contributed by atoms with van der Waals surface area (Å²) < 4.78 is 6.13. The van der Waals surface area contributed by atoms with Crippen LogP contribution in [0, 0.1) is 0 Å². The van der Waals surface area contributed by atoms with Crippen molar-refractivity contribution in [1.29, 1.82) is 0 Å². The second kappa shape index (κ2) is 6.41. The highest BCUT2D eigenvalue weighted by Crippen LogP contribution is 2.39. The van der Waals surface area contributed by atoms with E-state index in [1.165, 1.54) is 0 Å². The summed E-state index contributed by atoms with van der Waals surface area (Å²) in [5.41, 5.74) is 8.62. The first-order valence-electron chi connectivity index (χ1n) is 8.78. The number of piperidine rings is 1. The second-order valence-electron chi connectivity index (χ2n) is 6.94. The average molecular weight is 336 g/mol. The molecule has 2 N–H and O–H groups in total. The zero-order valence-electron chi connectivity index (χ0n) is 14.8. The minimum Gasteiger partial charge on any atom is -0.454 e. The van der Waals surface area contributed by atoms with Crippen molar-refractivity contribution in [3.63, 3.8) is 0 Å². The second-order valence-corrected chi connectivity index (χ2v) is 6.94. The molecular formula is C20H24N4O. The van der Waals surface area contributed by atoms with Crippen LogP contribution in [-0.4, -0.2) is 48.9 Å². The molecular weight excluding hydrogens is 312 g/mol. The van der Waals surface area contributed by atoms with Gasteiger partial charge in [0.2, 0.25) is 0 Å². The fourth-order valence-electron chi connectivity index (χ4n) is 3.58. The highest BCUT2D eigenvalue weighted by atomic mass is 16.5. The summed E-state index contributed by atoms with van der Waals surface area (Å²) in [7, 11) is 4.31. The largest absolute Gasteiger partial charge is 0.454 e. The maximum Gasteiger partial charge on any atom is 0.153 e. The number of para-hydroxylation sites is 2. The third-order valence-electron chi connectivity index (χ3n) is 5.05. The lowest BCUT2D eigenvalue weighted by Gasteiger charge is -2.37. The van der Waals surface area contributed by atoms with Gasteiger partial charge in [-0.2, -0.15) is 0 Å². The minimum atomic E-state index is 0.631. The molecule has 5 heteroatoms. The van der Waals surface area contributed by atoms with Crippen LogP contribution < -0.4 is 10.5 Å². The van der Waals surface area contributed by atoms with E-state index in [1.54, 1.807) is 0 Å². The molecule has 0 aliphatic carbocycles. The highest BCUT2D eigenvalue weighted by molar-refractivity contribution is 6.04. The number of hydrogen-bond donors (Lipinski definition) is 1. The van der Waals surface area contributed by atoms with E-state index in [2.05, 4.69) is 23.9 Å². The summed E-state index contributed by atoms with van der Waals surface area (Å²) in [6.45, 7) is 1.97. The Balaban J connectivity index is 1.75. The molecule has 0 atom stereocenters. The van der Waals surface area contributed by atoms with Crippen LogP contribution in [0.3, 0.4) is 0 Å². The minimum absolute atomic E-state index is 0.631. The molecule has 2 aromatic carbocycles. The van der Waals surface area contributed by atoms with Crippen LogP contribution in [0.2, 0.25) is 0 Å². The molecule has 0 aromatic heterocycles. The SMILES string of the molecule is CN(C)C1CCN(C2=Nc3ccccc3Oc3ccc(N)cc32)CC1. The Morgan fingerprint density at radius 3 is 2.60 bits per heavy atom. The molecule has 0 saturated carbocycles. The summed E-state index contributed by atoms with van der Waals surface area (Å²) in [6.07, 6.45) is 2.26. The van der Waals surface area contributed by atoms with Gasteiger partial charge in [-0.3, -0.25) is 0 Å². The first-order chi connectivity index (χ1) is 12.1. The Hall–Kier alpha value is -2.53. The number of ether oxygens (including phenoxy) is 1. The number of rotatable bonds is 1. The number of nitrogens with two attached hydrogens (primary N) is 1. The molecule has 2 aromatic rings. The summed E-state index contributed by atoms with van der Waals surface area (Å²) >= 11 is 0. The zero-order valence-corrected chi connectivity index (χ0v) is 14.8. The molecule has 1 saturated heterocycles. The van der Waals surface area contributed by atoms with Gasteiger partial charge in [-0.05, 0) is 57.3 Å². The molecule has 130 valence electrons. The van der Waals surface area contributed by atoms with Gasteiger partial charge in [0.25, 0.3) is 0 Å². The molecule has 25 heavy (non-hydrogen) atoms. The van der Waals surface area contributed by atoms with E-state index in [4.69, 9.17) is 15.5 Å². The Kier molecular flexibility index (Phi) is 4.09. The van der Waals surface area contributed by atoms with Gasteiger partial charge < -0.3 is 20.3 Å². The molecule has 0 radical (unpaired) electrons. The Morgan fingerprint density at radius 1 is 1.08 bits per heavy atom. The van der Waals surface area contributed by atoms with E-state index in [-0.39, 0.29) is 0 Å². The zero-order chi connectivity index (χ0) is 17.4. The van der Waals surface area contributed by atoms with E-state index in [0.29, 0.717) is 6.04 Å². The van der Waals surface area contributed by atoms with Gasteiger partial charge in [-0.25, -0.2) is 4.99 Å². The van der Waals surface area contributed by atoms with Gasteiger partial charge in [-0.15, -0.1) is 0 Å². The average Bonchev–Trinajstić information content (AvgIpc) is 2.78. The Labute approximate surface area is 148 Å². The van der Waals surface area contributed by atoms with E-state index in [9.17, 15) is 0 Å². The molecule has 5 nitrogen and oxygen atoms in total. The molecule has 1 fully saturated rings. The third-order valence-corrected chi connectivity index (χ3v) is 5.05. The lowest BCUT2D eigenvalue weighted by atomic mass is 10.0. The first kappa shape index (κ1) is 16.0. The topological polar surface area (TPSA) is 54.1 Å². The van der Waals surface area contributed by atoms with Gasteiger partial charge in [0.05, 0.1) is 5.56 Å². The van der Waals surface area contributed by atoms with Crippen LogP contribution in [0.25, 0.3) is 0 Å². The van der Waals surface area contributed by atoms with E-state index in [0.717, 1.165) is 60.2 Å². The lowest BCUT2D eigenvalue weighted by molar-refractivity contribution is 0.191. The number of likely N-dealkylation sites (tertiary alicyclic amines) is 1. The summed E-state index contributed by atoms with van der Waals surface area (Å²) in [5.74, 6) is 2.56. The van der Waals surface area contributed by atoms with E-state index >= 15 is 0 Å². The molecule has 4 rings (SSSR count). The molecule has 0 amide bonds. The fraction of sp³-hybridized carbons (Fsp3) is 0.350. The molecule has 2 aliphatic rings. The predicted molar refractivity (Wildman–Crippen MR) is 102 cm³/mol. The van der Waals surface area contributed by atoms with Gasteiger partial charge in [0.1, 0.15) is 17.3 Å². The molecule has 2 aliphatic heterocycles. The van der Waals surface area contributed by atoms with Crippen LogP contribution >= 0.6 is 0 Å². The van der Waals surface area contributed by atoms with Crippen molar-refractivity contribution in [3.05, 3.63) is 48.0 Å². The van der Waals surface area contributed by atoms with Gasteiger partial charge >= 0.3 is 0 Å². The first-order valence-corrected chi connectivity index (χ1v) is 8.78. The van der Waals surface area contributed by atoms with Gasteiger partial charge in [0.15, 0.2) is 5.75 Å². The molecule has 0 spiro atoms. The maximum absolute atomic E-state index is 6.13. The quantitative estimate of drug-likeness (QED) is 0.810. The molecule has 0 unspecified atom stereocenters. The number of nitrogen functional groups attached to an aromatic ring is 1. The van der Waals surface area contributed by atoms with Crippen molar-refractivity contribution < 1.29 is 4.74 Å². The summed E-state index contributed by atoms with van der Waals surface area (Å²) in [4.78, 5) is 9.64. The maximum atomic E-state index is 6.13. The van der Waals surface area contributed by atoms with Crippen LogP contribution in [0.4, 0.5) is 11.4 Å². The summed E-state index contributed by atoms with van der Waals surface area (Å²) in [6, 6.07) is 14.3. The number of amidine groups is 1. The number of hydrogen-bond acceptors (Lipinski definition) is 5. The standard InChI is InChI=1S/C20H24N4O/c1-23(2)15-9-11-24(12-10-15)20-16-13-14(21)7-8-18(16)25-19-6-4-3-5-17(19)22-20/h3-8,13,15H,9-12,21H2,1-2H3. The van der Waals surface area contributed by atoms with Crippen molar-refractivity contribution in [3.8, 4) is 11.5 Å². The van der Waals surface area contributed by atoms with Crippen molar-refractivity contribution in [1.82, 2.24) is 9.80 Å². The Bertz CT molecular complexity index is 807. The lowest BCUT2D eigenvalue weighted by Crippen LogP contribution is -2.44. The number of nitrogens with zero attached hydrogens (tertiary/aromatic N) is 3. The molecule has 2 heterocycles. The molecule has 0 bridgehead atoms. The van der Waals surface area contributed by atoms with Crippen LogP contribution in [0.1, 0.15) is 18.4 Å². The smallest absolute Gasteiger partial charge is 0.153 e. The highest BCUT2D eigenvalue weighted by Gasteiger charge is 2.27. The van der Waals surface area contributed by atoms with Crippen molar-refractivity contribution >= 4 is 17.2 Å². The van der Waals surface area contributed by atoms with Crippen LogP contribution in [-0.2, 0) is 0 Å². The van der Waals surface area contributed by atoms with Crippen molar-refractivity contribution in [2.75, 3.05) is 32.9 Å². The number of anilines is 1. The summed E-state index contributed by atoms with van der Waals surface area (Å²) in [5, 5.41) is 0. The van der Waals surface area contributed by atoms with Gasteiger partial charge in [-0.1, -0.05) is 12.1 Å². The van der Waals surface area contributed by atoms with Crippen molar-refractivity contribution in [2.24, 2.45) is 4.99 Å². The predicted octanol–water partition coefficient (Wildman–Crippen LogP) is 3.48. The van der Waals surface area contributed by atoms with E-state index < -0.39 is 0 Å². The number of benzene rings is 2.